The van der Waals surface area contributed by atoms with Crippen molar-refractivity contribution in [1.82, 2.24) is 4.90 Å². The molecule has 0 heterocycles. The minimum atomic E-state index is -0.455. The fourth-order valence-electron chi connectivity index (χ4n) is 1.26. The molecule has 0 aliphatic rings. The largest absolute Gasteiger partial charge is 0.368 e. The van der Waals surface area contributed by atoms with Crippen LogP contribution in [0, 0.1) is 5.41 Å². The van der Waals surface area contributed by atoms with E-state index in [-0.39, 0.29) is 12.5 Å². The quantitative estimate of drug-likeness (QED) is 0.746. The van der Waals surface area contributed by atoms with Gasteiger partial charge in [-0.15, -0.1) is 0 Å². The van der Waals surface area contributed by atoms with Gasteiger partial charge in [0.2, 0.25) is 11.8 Å². The number of rotatable bonds is 5. The highest BCUT2D eigenvalue weighted by Crippen LogP contribution is 2.17. The predicted molar refractivity (Wildman–Crippen MR) is 60.1 cm³/mol. The van der Waals surface area contributed by atoms with E-state index in [0.29, 0.717) is 6.54 Å². The molecular weight excluding hydrogens is 192 g/mol. The van der Waals surface area contributed by atoms with E-state index in [4.69, 9.17) is 5.73 Å². The fourth-order valence-corrected chi connectivity index (χ4v) is 1.26. The maximum absolute atomic E-state index is 11.9. The molecule has 2 amide bonds. The van der Waals surface area contributed by atoms with Crippen LogP contribution in [0.25, 0.3) is 0 Å². The van der Waals surface area contributed by atoms with Crippen LogP contribution in [0.3, 0.4) is 0 Å². The number of nitrogens with two attached hydrogens (primary N) is 1. The Balaban J connectivity index is 4.47. The second kappa shape index (κ2) is 5.73. The predicted octanol–water partition coefficient (Wildman–Crippen LogP) is 1.15. The van der Waals surface area contributed by atoms with Crippen molar-refractivity contribution in [2.75, 3.05) is 13.1 Å². The Kier molecular flexibility index (Phi) is 5.33. The zero-order chi connectivity index (χ0) is 12.1. The molecule has 4 nitrogen and oxygen atoms in total. The lowest BCUT2D eigenvalue weighted by Crippen LogP contribution is -2.44. The van der Waals surface area contributed by atoms with Crippen LogP contribution in [0.15, 0.2) is 0 Å². The van der Waals surface area contributed by atoms with Gasteiger partial charge < -0.3 is 10.6 Å². The third kappa shape index (κ3) is 5.40. The molecule has 0 spiro atoms. The third-order valence-electron chi connectivity index (χ3n) is 2.06. The van der Waals surface area contributed by atoms with Gasteiger partial charge >= 0.3 is 0 Å². The average Bonchev–Trinajstić information content (AvgIpc) is 2.09. The summed E-state index contributed by atoms with van der Waals surface area (Å²) in [6.45, 7) is 8.20. The molecule has 0 radical (unpaired) electrons. The van der Waals surface area contributed by atoms with E-state index in [1.54, 1.807) is 4.90 Å². The lowest BCUT2D eigenvalue weighted by molar-refractivity contribution is -0.142. The van der Waals surface area contributed by atoms with Gasteiger partial charge in [0.25, 0.3) is 0 Å². The van der Waals surface area contributed by atoms with E-state index < -0.39 is 11.3 Å². The van der Waals surface area contributed by atoms with Gasteiger partial charge in [0.05, 0.1) is 6.54 Å². The van der Waals surface area contributed by atoms with Crippen molar-refractivity contribution in [2.45, 2.75) is 40.5 Å². The first kappa shape index (κ1) is 13.9. The lowest BCUT2D eigenvalue weighted by Gasteiger charge is -2.28. The van der Waals surface area contributed by atoms with Crippen LogP contribution in [0.4, 0.5) is 0 Å². The summed E-state index contributed by atoms with van der Waals surface area (Å²) in [4.78, 5) is 24.3. The van der Waals surface area contributed by atoms with Crippen LogP contribution in [-0.2, 0) is 9.59 Å². The number of nitrogens with zero attached hydrogens (tertiary/aromatic N) is 1. The number of amides is 2. The van der Waals surface area contributed by atoms with Crippen LogP contribution in [0.2, 0.25) is 0 Å². The average molecular weight is 214 g/mol. The van der Waals surface area contributed by atoms with Gasteiger partial charge in [0, 0.05) is 12.0 Å². The molecule has 0 rings (SSSR count). The number of unbranched alkanes of at least 4 members (excludes halogenated alkanes) is 1. The molecule has 0 saturated carbocycles. The van der Waals surface area contributed by atoms with E-state index in [9.17, 15) is 9.59 Å². The van der Waals surface area contributed by atoms with Crippen molar-refractivity contribution in [3.8, 4) is 0 Å². The first-order chi connectivity index (χ1) is 6.79. The van der Waals surface area contributed by atoms with Crippen LogP contribution in [0.1, 0.15) is 40.5 Å². The molecule has 0 aromatic heterocycles. The smallest absolute Gasteiger partial charge is 0.237 e. The highest BCUT2D eigenvalue weighted by atomic mass is 16.2. The lowest BCUT2D eigenvalue weighted by atomic mass is 9.94. The van der Waals surface area contributed by atoms with Gasteiger partial charge in [-0.1, -0.05) is 34.1 Å². The molecule has 0 atom stereocenters. The van der Waals surface area contributed by atoms with E-state index >= 15 is 0 Å². The molecule has 88 valence electrons. The summed E-state index contributed by atoms with van der Waals surface area (Å²) in [6.07, 6.45) is 1.89. The number of carbonyl (C=O) groups excluding carboxylic acids is 2. The molecule has 15 heavy (non-hydrogen) atoms. The maximum Gasteiger partial charge on any atom is 0.237 e. The van der Waals surface area contributed by atoms with Gasteiger partial charge in [0.15, 0.2) is 0 Å². The monoisotopic (exact) mass is 214 g/mol. The molecule has 0 aliphatic heterocycles. The molecule has 0 aromatic rings. The van der Waals surface area contributed by atoms with Crippen LogP contribution in [-0.4, -0.2) is 29.8 Å². The Hall–Kier alpha value is -1.06. The van der Waals surface area contributed by atoms with Crippen LogP contribution in [0.5, 0.6) is 0 Å². The van der Waals surface area contributed by atoms with Crippen molar-refractivity contribution in [3.05, 3.63) is 0 Å². The minimum Gasteiger partial charge on any atom is -0.368 e. The molecular formula is C11H22N2O2. The Morgan fingerprint density at radius 1 is 1.27 bits per heavy atom. The van der Waals surface area contributed by atoms with Crippen LogP contribution < -0.4 is 5.73 Å². The van der Waals surface area contributed by atoms with Gasteiger partial charge in [0.1, 0.15) is 0 Å². The van der Waals surface area contributed by atoms with Crippen molar-refractivity contribution < 1.29 is 9.59 Å². The fraction of sp³-hybridized carbons (Fsp3) is 0.818. The Bertz CT molecular complexity index is 231. The van der Waals surface area contributed by atoms with E-state index in [1.807, 2.05) is 27.7 Å². The standard InChI is InChI=1S/C11H22N2O2/c1-5-6-7-13(8-9(12)14)10(15)11(2,3)4/h5-8H2,1-4H3,(H2,12,14). The molecule has 0 fully saturated rings. The second-order valence-corrected chi connectivity index (χ2v) is 4.80. The topological polar surface area (TPSA) is 63.4 Å². The van der Waals surface area contributed by atoms with Crippen molar-refractivity contribution in [1.29, 1.82) is 0 Å². The van der Waals surface area contributed by atoms with Gasteiger partial charge in [-0.05, 0) is 6.42 Å². The first-order valence-electron chi connectivity index (χ1n) is 5.36. The maximum atomic E-state index is 11.9. The van der Waals surface area contributed by atoms with Crippen molar-refractivity contribution >= 4 is 11.8 Å². The molecule has 0 aromatic carbocycles. The molecule has 0 saturated heterocycles. The highest BCUT2D eigenvalue weighted by molar-refractivity contribution is 5.86. The summed E-state index contributed by atoms with van der Waals surface area (Å²) in [6, 6.07) is 0. The molecule has 4 heteroatoms. The molecule has 0 aliphatic carbocycles. The number of hydrogen-bond donors (Lipinski definition) is 1. The number of hydrogen-bond acceptors (Lipinski definition) is 2. The Labute approximate surface area is 91.8 Å². The van der Waals surface area contributed by atoms with E-state index in [0.717, 1.165) is 12.8 Å². The second-order valence-electron chi connectivity index (χ2n) is 4.80. The molecule has 0 bridgehead atoms. The third-order valence-corrected chi connectivity index (χ3v) is 2.06. The van der Waals surface area contributed by atoms with Gasteiger partial charge in [-0.3, -0.25) is 9.59 Å². The van der Waals surface area contributed by atoms with E-state index in [1.165, 1.54) is 0 Å². The SMILES string of the molecule is CCCCN(CC(N)=O)C(=O)C(C)(C)C. The normalized spacial score (nSPS) is 11.2. The highest BCUT2D eigenvalue weighted by Gasteiger charge is 2.27. The zero-order valence-corrected chi connectivity index (χ0v) is 10.2. The molecule has 0 unspecified atom stereocenters. The first-order valence-corrected chi connectivity index (χ1v) is 5.36. The van der Waals surface area contributed by atoms with Crippen LogP contribution >= 0.6 is 0 Å². The Morgan fingerprint density at radius 2 is 1.80 bits per heavy atom. The summed E-state index contributed by atoms with van der Waals surface area (Å²) >= 11 is 0. The Morgan fingerprint density at radius 3 is 2.13 bits per heavy atom. The summed E-state index contributed by atoms with van der Waals surface area (Å²) in [5.74, 6) is -0.474. The number of carbonyl (C=O) groups is 2. The zero-order valence-electron chi connectivity index (χ0n) is 10.2. The summed E-state index contributed by atoms with van der Waals surface area (Å²) in [5, 5.41) is 0. The number of primary amides is 1. The summed E-state index contributed by atoms with van der Waals surface area (Å²) in [5.41, 5.74) is 4.66. The van der Waals surface area contributed by atoms with Crippen molar-refractivity contribution in [3.63, 3.8) is 0 Å². The van der Waals surface area contributed by atoms with Gasteiger partial charge in [-0.2, -0.15) is 0 Å². The summed E-state index contributed by atoms with van der Waals surface area (Å²) < 4.78 is 0. The molecule has 2 N–H and O–H groups in total. The summed E-state index contributed by atoms with van der Waals surface area (Å²) in [7, 11) is 0. The van der Waals surface area contributed by atoms with Crippen molar-refractivity contribution in [2.24, 2.45) is 11.1 Å². The van der Waals surface area contributed by atoms with Gasteiger partial charge in [-0.25, -0.2) is 0 Å². The minimum absolute atomic E-state index is 0.0187. The van der Waals surface area contributed by atoms with E-state index in [2.05, 4.69) is 0 Å².